The Hall–Kier alpha value is -1.44. The van der Waals surface area contributed by atoms with Gasteiger partial charge < -0.3 is 20.1 Å². The van der Waals surface area contributed by atoms with Crippen molar-refractivity contribution in [1.29, 1.82) is 0 Å². The molecule has 2 aliphatic heterocycles. The van der Waals surface area contributed by atoms with Gasteiger partial charge >= 0.3 is 0 Å². The van der Waals surface area contributed by atoms with Gasteiger partial charge in [-0.1, -0.05) is 0 Å². The summed E-state index contributed by atoms with van der Waals surface area (Å²) in [4.78, 5) is 13.2. The second-order valence-corrected chi connectivity index (χ2v) is 6.17. The van der Waals surface area contributed by atoms with E-state index in [4.69, 9.17) is 4.74 Å². The molecular weight excluding hydrogens is 282 g/mol. The number of ether oxygens (including phenoxy) is 1. The highest BCUT2D eigenvalue weighted by atomic mass is 16.5. The van der Waals surface area contributed by atoms with E-state index in [0.29, 0.717) is 12.4 Å². The van der Waals surface area contributed by atoms with Gasteiger partial charge in [0.25, 0.3) is 0 Å². The number of piperidine rings is 1. The van der Waals surface area contributed by atoms with E-state index in [1.165, 1.54) is 0 Å². The number of piperazine rings is 1. The van der Waals surface area contributed by atoms with Crippen LogP contribution in [-0.4, -0.2) is 78.5 Å². The smallest absolute Gasteiger partial charge is 0.228 e. The van der Waals surface area contributed by atoms with Crippen LogP contribution in [0.2, 0.25) is 0 Å². The third-order valence-electron chi connectivity index (χ3n) is 4.45. The lowest BCUT2D eigenvalue weighted by atomic mass is 9.93. The third-order valence-corrected chi connectivity index (χ3v) is 4.45. The molecule has 0 bridgehead atoms. The number of hydrogen-bond acceptors (Lipinski definition) is 7. The number of anilines is 1. The molecule has 7 heteroatoms. The Kier molecular flexibility index (Phi) is 4.75. The van der Waals surface area contributed by atoms with Gasteiger partial charge in [-0.05, 0) is 19.4 Å². The molecule has 1 aromatic rings. The molecule has 1 atom stereocenters. The molecule has 2 N–H and O–H groups in total. The lowest BCUT2D eigenvalue weighted by Crippen LogP contribution is -2.56. The number of β-amino-alcohol motifs (C(OH)–C–C–N with tert-alkyl or cyclic N) is 1. The Morgan fingerprint density at radius 1 is 1.36 bits per heavy atom. The Bertz CT molecular complexity index is 485. The molecule has 2 aliphatic rings. The first-order valence-electron chi connectivity index (χ1n) is 7.96. The molecule has 0 saturated carbocycles. The SMILES string of the molecule is COc1ccnc(N2CCN(CC3(O)CCCNC3)CC2)n1. The number of methoxy groups -OCH3 is 1. The molecule has 0 aromatic carbocycles. The lowest BCUT2D eigenvalue weighted by Gasteiger charge is -2.41. The van der Waals surface area contributed by atoms with E-state index in [1.54, 1.807) is 19.4 Å². The minimum atomic E-state index is -0.577. The van der Waals surface area contributed by atoms with Crippen LogP contribution >= 0.6 is 0 Å². The maximum Gasteiger partial charge on any atom is 0.228 e. The Morgan fingerprint density at radius 3 is 2.86 bits per heavy atom. The van der Waals surface area contributed by atoms with Crippen LogP contribution in [0, 0.1) is 0 Å². The quantitative estimate of drug-likeness (QED) is 0.792. The van der Waals surface area contributed by atoms with Crippen LogP contribution in [0.5, 0.6) is 5.88 Å². The fourth-order valence-electron chi connectivity index (χ4n) is 3.21. The monoisotopic (exact) mass is 307 g/mol. The second-order valence-electron chi connectivity index (χ2n) is 6.17. The van der Waals surface area contributed by atoms with Crippen LogP contribution in [0.1, 0.15) is 12.8 Å². The van der Waals surface area contributed by atoms with E-state index >= 15 is 0 Å². The highest BCUT2D eigenvalue weighted by molar-refractivity contribution is 5.32. The summed E-state index contributed by atoms with van der Waals surface area (Å²) in [7, 11) is 1.61. The summed E-state index contributed by atoms with van der Waals surface area (Å²) in [5.74, 6) is 1.31. The molecule has 1 aromatic heterocycles. The second kappa shape index (κ2) is 6.76. The lowest BCUT2D eigenvalue weighted by molar-refractivity contribution is -0.0164. The molecule has 0 amide bonds. The van der Waals surface area contributed by atoms with Crippen LogP contribution < -0.4 is 15.0 Å². The maximum absolute atomic E-state index is 10.6. The Labute approximate surface area is 131 Å². The summed E-state index contributed by atoms with van der Waals surface area (Å²) >= 11 is 0. The van der Waals surface area contributed by atoms with Crippen LogP contribution in [0.3, 0.4) is 0 Å². The highest BCUT2D eigenvalue weighted by Crippen LogP contribution is 2.20. The van der Waals surface area contributed by atoms with Crippen molar-refractivity contribution < 1.29 is 9.84 Å². The molecule has 0 spiro atoms. The zero-order valence-electron chi connectivity index (χ0n) is 13.2. The van der Waals surface area contributed by atoms with Crippen LogP contribution in [0.15, 0.2) is 12.3 Å². The van der Waals surface area contributed by atoms with Gasteiger partial charge in [0.1, 0.15) is 0 Å². The van der Waals surface area contributed by atoms with E-state index < -0.39 is 5.60 Å². The third kappa shape index (κ3) is 3.66. The predicted molar refractivity (Wildman–Crippen MR) is 84.3 cm³/mol. The number of nitrogens with one attached hydrogen (secondary N) is 1. The van der Waals surface area contributed by atoms with E-state index in [2.05, 4.69) is 25.1 Å². The van der Waals surface area contributed by atoms with E-state index in [-0.39, 0.29) is 0 Å². The van der Waals surface area contributed by atoms with E-state index in [9.17, 15) is 5.11 Å². The van der Waals surface area contributed by atoms with Crippen LogP contribution in [-0.2, 0) is 0 Å². The number of hydrogen-bond donors (Lipinski definition) is 2. The molecule has 122 valence electrons. The van der Waals surface area contributed by atoms with Crippen molar-refractivity contribution in [3.8, 4) is 5.88 Å². The van der Waals surface area contributed by atoms with Gasteiger partial charge in [-0.3, -0.25) is 4.90 Å². The zero-order chi connectivity index (χ0) is 15.4. The average Bonchev–Trinajstić information content (AvgIpc) is 2.56. The molecule has 22 heavy (non-hydrogen) atoms. The zero-order valence-corrected chi connectivity index (χ0v) is 13.2. The van der Waals surface area contributed by atoms with Crippen molar-refractivity contribution in [1.82, 2.24) is 20.2 Å². The minimum Gasteiger partial charge on any atom is -0.481 e. The summed E-state index contributed by atoms with van der Waals surface area (Å²) in [6.45, 7) is 6.04. The fraction of sp³-hybridized carbons (Fsp3) is 0.733. The largest absolute Gasteiger partial charge is 0.481 e. The first kappa shape index (κ1) is 15.5. The summed E-state index contributed by atoms with van der Waals surface area (Å²) in [5.41, 5.74) is -0.577. The summed E-state index contributed by atoms with van der Waals surface area (Å²) < 4.78 is 5.15. The predicted octanol–water partition coefficient (Wildman–Crippen LogP) is -0.278. The van der Waals surface area contributed by atoms with Crippen molar-refractivity contribution in [2.45, 2.75) is 18.4 Å². The molecule has 2 fully saturated rings. The molecular formula is C15H25N5O2. The van der Waals surface area contributed by atoms with Crippen molar-refractivity contribution in [2.75, 3.05) is 57.8 Å². The van der Waals surface area contributed by atoms with Crippen molar-refractivity contribution in [3.63, 3.8) is 0 Å². The first-order valence-corrected chi connectivity index (χ1v) is 7.96. The Balaban J connectivity index is 1.53. The van der Waals surface area contributed by atoms with Gasteiger partial charge in [-0.15, -0.1) is 0 Å². The van der Waals surface area contributed by atoms with Gasteiger partial charge in [0, 0.05) is 51.5 Å². The average molecular weight is 307 g/mol. The number of rotatable bonds is 4. The summed E-state index contributed by atoms with van der Waals surface area (Å²) in [6.07, 6.45) is 3.66. The van der Waals surface area contributed by atoms with E-state index in [1.807, 2.05) is 0 Å². The molecule has 1 unspecified atom stereocenters. The van der Waals surface area contributed by atoms with Gasteiger partial charge in [0.2, 0.25) is 11.8 Å². The molecule has 2 saturated heterocycles. The number of aromatic nitrogens is 2. The highest BCUT2D eigenvalue weighted by Gasteiger charge is 2.32. The van der Waals surface area contributed by atoms with Gasteiger partial charge in [0.15, 0.2) is 0 Å². The van der Waals surface area contributed by atoms with E-state index in [0.717, 1.165) is 58.1 Å². The van der Waals surface area contributed by atoms with Gasteiger partial charge in [-0.25, -0.2) is 4.98 Å². The minimum absolute atomic E-state index is 0.577. The normalized spacial score (nSPS) is 26.9. The first-order chi connectivity index (χ1) is 10.7. The molecule has 0 radical (unpaired) electrons. The Morgan fingerprint density at radius 2 is 2.18 bits per heavy atom. The van der Waals surface area contributed by atoms with Crippen molar-refractivity contribution >= 4 is 5.95 Å². The molecule has 3 rings (SSSR count). The van der Waals surface area contributed by atoms with Gasteiger partial charge in [0.05, 0.1) is 12.7 Å². The topological polar surface area (TPSA) is 73.8 Å². The van der Waals surface area contributed by atoms with Gasteiger partial charge in [-0.2, -0.15) is 4.98 Å². The molecule has 3 heterocycles. The van der Waals surface area contributed by atoms with Crippen LogP contribution in [0.25, 0.3) is 0 Å². The maximum atomic E-state index is 10.6. The number of nitrogens with zero attached hydrogens (tertiary/aromatic N) is 4. The fourth-order valence-corrected chi connectivity index (χ4v) is 3.21. The summed E-state index contributed by atoms with van der Waals surface area (Å²) in [5, 5.41) is 13.9. The molecule has 7 nitrogen and oxygen atoms in total. The van der Waals surface area contributed by atoms with Crippen molar-refractivity contribution in [2.24, 2.45) is 0 Å². The van der Waals surface area contributed by atoms with Crippen LogP contribution in [0.4, 0.5) is 5.95 Å². The van der Waals surface area contributed by atoms with Crippen molar-refractivity contribution in [3.05, 3.63) is 12.3 Å². The summed E-state index contributed by atoms with van der Waals surface area (Å²) in [6, 6.07) is 1.76. The number of aliphatic hydroxyl groups is 1. The molecule has 0 aliphatic carbocycles. The standard InChI is InChI=1S/C15H25N5O2/c1-22-13-3-6-17-14(18-13)20-9-7-19(8-10-20)12-15(21)4-2-5-16-11-15/h3,6,16,21H,2,4-5,7-12H2,1H3.